The highest BCUT2D eigenvalue weighted by Gasteiger charge is 2.16. The van der Waals surface area contributed by atoms with Gasteiger partial charge in [0.25, 0.3) is 0 Å². The predicted molar refractivity (Wildman–Crippen MR) is 78.2 cm³/mol. The van der Waals surface area contributed by atoms with Gasteiger partial charge in [0.1, 0.15) is 5.52 Å². The second kappa shape index (κ2) is 5.64. The van der Waals surface area contributed by atoms with E-state index in [1.807, 2.05) is 0 Å². The number of imidazole rings is 1. The van der Waals surface area contributed by atoms with E-state index in [9.17, 15) is 8.78 Å². The van der Waals surface area contributed by atoms with Crippen molar-refractivity contribution in [2.24, 2.45) is 5.92 Å². The van der Waals surface area contributed by atoms with Crippen molar-refractivity contribution in [3.63, 3.8) is 0 Å². The Balaban J connectivity index is 1.81. The molecule has 2 aromatic rings. The molecule has 1 aromatic carbocycles. The van der Waals surface area contributed by atoms with E-state index in [1.54, 1.807) is 4.57 Å². The molecule has 1 N–H and O–H groups in total. The Morgan fingerprint density at radius 3 is 2.75 bits per heavy atom. The maximum absolute atomic E-state index is 13.9. The van der Waals surface area contributed by atoms with E-state index >= 15 is 0 Å². The van der Waals surface area contributed by atoms with E-state index < -0.39 is 11.6 Å². The minimum absolute atomic E-state index is 0.265. The lowest BCUT2D eigenvalue weighted by molar-refractivity contribution is 0.457. The van der Waals surface area contributed by atoms with Gasteiger partial charge in [-0.05, 0) is 43.1 Å². The van der Waals surface area contributed by atoms with E-state index in [2.05, 4.69) is 4.98 Å². The van der Waals surface area contributed by atoms with Crippen molar-refractivity contribution in [3.05, 3.63) is 28.5 Å². The van der Waals surface area contributed by atoms with E-state index in [0.29, 0.717) is 16.8 Å². The van der Waals surface area contributed by atoms with Crippen molar-refractivity contribution in [1.82, 2.24) is 9.55 Å². The van der Waals surface area contributed by atoms with Crippen molar-refractivity contribution >= 4 is 23.3 Å². The third-order valence-electron chi connectivity index (χ3n) is 4.29. The summed E-state index contributed by atoms with van der Waals surface area (Å²) in [5.41, 5.74) is 0.830. The summed E-state index contributed by atoms with van der Waals surface area (Å²) in [6, 6.07) is 2.67. The molecule has 0 bridgehead atoms. The summed E-state index contributed by atoms with van der Waals surface area (Å²) in [4.78, 5) is 2.94. The number of fused-ring (bicyclic) bond motifs is 1. The first-order valence-corrected chi connectivity index (χ1v) is 7.64. The first-order chi connectivity index (χ1) is 9.66. The summed E-state index contributed by atoms with van der Waals surface area (Å²) >= 11 is 5.22. The Hall–Kier alpha value is -1.23. The minimum Gasteiger partial charge on any atom is -0.330 e. The quantitative estimate of drug-likeness (QED) is 0.792. The van der Waals surface area contributed by atoms with Gasteiger partial charge in [-0.2, -0.15) is 0 Å². The lowest BCUT2D eigenvalue weighted by atomic mass is 10.0. The van der Waals surface area contributed by atoms with Crippen LogP contribution < -0.4 is 0 Å². The van der Waals surface area contributed by atoms with Crippen molar-refractivity contribution in [1.29, 1.82) is 0 Å². The maximum atomic E-state index is 13.9. The zero-order chi connectivity index (χ0) is 14.1. The van der Waals surface area contributed by atoms with Crippen molar-refractivity contribution < 1.29 is 8.78 Å². The smallest absolute Gasteiger partial charge is 0.184 e. The molecular formula is C15H18F2N2S. The van der Waals surface area contributed by atoms with Crippen molar-refractivity contribution in [2.45, 2.75) is 45.1 Å². The maximum Gasteiger partial charge on any atom is 0.184 e. The molecule has 1 fully saturated rings. The standard InChI is InChI=1S/C15H18F2N2S/c16-11-7-8-12-14(13(11)17)19(15(20)18-12)9-3-6-10-4-1-2-5-10/h7-8,10H,1-6,9H2,(H,18,20). The Bertz CT molecular complexity index is 668. The molecule has 0 aliphatic heterocycles. The van der Waals surface area contributed by atoms with Crippen LogP contribution in [0.25, 0.3) is 11.0 Å². The Morgan fingerprint density at radius 1 is 1.25 bits per heavy atom. The zero-order valence-electron chi connectivity index (χ0n) is 11.3. The molecule has 0 spiro atoms. The molecule has 0 saturated heterocycles. The molecule has 1 aromatic heterocycles. The summed E-state index contributed by atoms with van der Waals surface area (Å²) in [7, 11) is 0. The first-order valence-electron chi connectivity index (χ1n) is 7.23. The number of nitrogens with zero attached hydrogens (tertiary/aromatic N) is 1. The van der Waals surface area contributed by atoms with Crippen LogP contribution in [-0.2, 0) is 6.54 Å². The van der Waals surface area contributed by atoms with Gasteiger partial charge in [-0.25, -0.2) is 8.78 Å². The van der Waals surface area contributed by atoms with E-state index in [4.69, 9.17) is 12.2 Å². The minimum atomic E-state index is -0.823. The third kappa shape index (κ3) is 2.51. The largest absolute Gasteiger partial charge is 0.330 e. The molecule has 1 aliphatic carbocycles. The van der Waals surface area contributed by atoms with E-state index in [1.165, 1.54) is 31.7 Å². The van der Waals surface area contributed by atoms with Gasteiger partial charge in [-0.15, -0.1) is 0 Å². The van der Waals surface area contributed by atoms with Gasteiger partial charge in [0, 0.05) is 6.54 Å². The molecule has 108 valence electrons. The lowest BCUT2D eigenvalue weighted by Crippen LogP contribution is -2.03. The highest BCUT2D eigenvalue weighted by molar-refractivity contribution is 7.71. The molecule has 20 heavy (non-hydrogen) atoms. The molecule has 5 heteroatoms. The molecule has 0 unspecified atom stereocenters. The number of halogens is 2. The van der Waals surface area contributed by atoms with Crippen molar-refractivity contribution in [2.75, 3.05) is 0 Å². The summed E-state index contributed by atoms with van der Waals surface area (Å²) in [5.74, 6) is -0.831. The van der Waals surface area contributed by atoms with Gasteiger partial charge in [-0.3, -0.25) is 0 Å². The van der Waals surface area contributed by atoms with Crippen LogP contribution in [0.3, 0.4) is 0 Å². The topological polar surface area (TPSA) is 20.7 Å². The number of benzene rings is 1. The van der Waals surface area contributed by atoms with Gasteiger partial charge < -0.3 is 9.55 Å². The van der Waals surface area contributed by atoms with E-state index in [0.717, 1.165) is 24.8 Å². The zero-order valence-corrected chi connectivity index (χ0v) is 12.1. The first kappa shape index (κ1) is 13.7. The number of rotatable bonds is 4. The van der Waals surface area contributed by atoms with Gasteiger partial charge in [-0.1, -0.05) is 25.7 Å². The number of aromatic amines is 1. The van der Waals surface area contributed by atoms with Gasteiger partial charge >= 0.3 is 0 Å². The Labute approximate surface area is 121 Å². The van der Waals surface area contributed by atoms with Crippen LogP contribution >= 0.6 is 12.2 Å². The summed E-state index contributed by atoms with van der Waals surface area (Å²) < 4.78 is 29.5. The van der Waals surface area contributed by atoms with Crippen LogP contribution in [0, 0.1) is 22.3 Å². The second-order valence-corrected chi connectivity index (χ2v) is 6.02. The van der Waals surface area contributed by atoms with Gasteiger partial charge in [0.2, 0.25) is 0 Å². The van der Waals surface area contributed by atoms with Crippen LogP contribution in [0.2, 0.25) is 0 Å². The summed E-state index contributed by atoms with van der Waals surface area (Å²) in [5, 5.41) is 0. The molecular weight excluding hydrogens is 278 g/mol. The number of hydrogen-bond donors (Lipinski definition) is 1. The second-order valence-electron chi connectivity index (χ2n) is 5.63. The predicted octanol–water partition coefficient (Wildman–Crippen LogP) is 4.95. The average Bonchev–Trinajstić information content (AvgIpc) is 3.03. The number of aryl methyl sites for hydroxylation is 1. The lowest BCUT2D eigenvalue weighted by Gasteiger charge is -2.09. The van der Waals surface area contributed by atoms with Crippen LogP contribution in [0.5, 0.6) is 0 Å². The van der Waals surface area contributed by atoms with Crippen LogP contribution in [0.1, 0.15) is 38.5 Å². The van der Waals surface area contributed by atoms with E-state index in [-0.39, 0.29) is 5.52 Å². The molecule has 0 radical (unpaired) electrons. The van der Waals surface area contributed by atoms with Gasteiger partial charge in [0.05, 0.1) is 5.52 Å². The third-order valence-corrected chi connectivity index (χ3v) is 4.62. The monoisotopic (exact) mass is 296 g/mol. The number of aromatic nitrogens is 2. The average molecular weight is 296 g/mol. The number of nitrogens with one attached hydrogen (secondary N) is 1. The summed E-state index contributed by atoms with van der Waals surface area (Å²) in [6.45, 7) is 0.649. The Morgan fingerprint density at radius 2 is 2.00 bits per heavy atom. The summed E-state index contributed by atoms with van der Waals surface area (Å²) in [6.07, 6.45) is 7.38. The fourth-order valence-electron chi connectivity index (χ4n) is 3.24. The molecule has 3 rings (SSSR count). The fraction of sp³-hybridized carbons (Fsp3) is 0.533. The molecule has 2 nitrogen and oxygen atoms in total. The van der Waals surface area contributed by atoms with Crippen LogP contribution in [0.15, 0.2) is 12.1 Å². The molecule has 1 saturated carbocycles. The van der Waals surface area contributed by atoms with Crippen molar-refractivity contribution in [3.8, 4) is 0 Å². The van der Waals surface area contributed by atoms with Gasteiger partial charge in [0.15, 0.2) is 16.4 Å². The molecule has 1 heterocycles. The highest BCUT2D eigenvalue weighted by Crippen LogP contribution is 2.29. The SMILES string of the molecule is Fc1ccc2[nH]c(=S)n(CCCC3CCCC3)c2c1F. The Kier molecular flexibility index (Phi) is 3.87. The fourth-order valence-corrected chi connectivity index (χ4v) is 3.53. The van der Waals surface area contributed by atoms with Crippen LogP contribution in [0.4, 0.5) is 8.78 Å². The van der Waals surface area contributed by atoms with Crippen LogP contribution in [-0.4, -0.2) is 9.55 Å². The number of hydrogen-bond acceptors (Lipinski definition) is 1. The number of H-pyrrole nitrogens is 1. The normalized spacial score (nSPS) is 16.3. The molecule has 0 amide bonds. The molecule has 0 atom stereocenters. The highest BCUT2D eigenvalue weighted by atomic mass is 32.1. The molecule has 1 aliphatic rings.